The Morgan fingerprint density at radius 1 is 0.735 bits per heavy atom. The molecule has 3 nitrogen and oxygen atoms in total. The highest BCUT2D eigenvalue weighted by Crippen LogP contribution is 2.43. The average molecular weight is 444 g/mol. The largest absolute Gasteiger partial charge is 0.508 e. The van der Waals surface area contributed by atoms with Crippen molar-refractivity contribution >= 4 is 32.8 Å². The Morgan fingerprint density at radius 3 is 2.26 bits per heavy atom. The zero-order chi connectivity index (χ0) is 23.4. The van der Waals surface area contributed by atoms with E-state index in [1.165, 1.54) is 5.39 Å². The van der Waals surface area contributed by atoms with E-state index >= 15 is 0 Å². The van der Waals surface area contributed by atoms with Gasteiger partial charge in [-0.15, -0.1) is 0 Å². The van der Waals surface area contributed by atoms with Gasteiger partial charge in [0, 0.05) is 22.6 Å². The number of furan rings is 1. The number of aromatic hydroxyl groups is 1. The standard InChI is InChI=1S/C31H25NO2/c1-31(2,3)25-16-24-28(18-27(25)33)34-30-29(24)23(20-10-5-4-6-11-20)17-26(32-30)22-15-9-13-19-12-7-8-14-21(19)22/h4-18,33H,1-3H3. The van der Waals surface area contributed by atoms with Gasteiger partial charge in [0.25, 0.3) is 0 Å². The summed E-state index contributed by atoms with van der Waals surface area (Å²) in [6.07, 6.45) is 0. The number of phenolic OH excluding ortho intramolecular Hbond substituents is 1. The van der Waals surface area contributed by atoms with Crippen molar-refractivity contribution in [2.24, 2.45) is 0 Å². The summed E-state index contributed by atoms with van der Waals surface area (Å²) in [6, 6.07) is 31.0. The lowest BCUT2D eigenvalue weighted by atomic mass is 9.85. The van der Waals surface area contributed by atoms with Gasteiger partial charge >= 0.3 is 0 Å². The minimum Gasteiger partial charge on any atom is -0.508 e. The summed E-state index contributed by atoms with van der Waals surface area (Å²) in [5.41, 5.74) is 6.00. The first-order valence-electron chi connectivity index (χ1n) is 11.5. The van der Waals surface area contributed by atoms with Crippen molar-refractivity contribution in [3.63, 3.8) is 0 Å². The third-order valence-corrected chi connectivity index (χ3v) is 6.52. The minimum absolute atomic E-state index is 0.203. The summed E-state index contributed by atoms with van der Waals surface area (Å²) in [5.74, 6) is 0.245. The fourth-order valence-electron chi connectivity index (χ4n) is 4.84. The van der Waals surface area contributed by atoms with Gasteiger partial charge in [-0.1, -0.05) is 93.6 Å². The Morgan fingerprint density at radius 2 is 1.47 bits per heavy atom. The first-order chi connectivity index (χ1) is 16.4. The van der Waals surface area contributed by atoms with Crippen molar-refractivity contribution in [2.75, 3.05) is 0 Å². The van der Waals surface area contributed by atoms with E-state index in [0.29, 0.717) is 11.3 Å². The van der Waals surface area contributed by atoms with Crippen LogP contribution in [-0.2, 0) is 5.41 Å². The fourth-order valence-corrected chi connectivity index (χ4v) is 4.84. The Kier molecular flexibility index (Phi) is 4.50. The highest BCUT2D eigenvalue weighted by Gasteiger charge is 2.23. The van der Waals surface area contributed by atoms with Crippen molar-refractivity contribution in [3.8, 4) is 28.1 Å². The SMILES string of the molecule is CC(C)(C)c1cc2c(cc1O)oc1nc(-c3cccc4ccccc34)cc(-c3ccccc3)c12. The monoisotopic (exact) mass is 443 g/mol. The second kappa shape index (κ2) is 7.46. The fraction of sp³-hybridized carbons (Fsp3) is 0.129. The van der Waals surface area contributed by atoms with E-state index in [1.807, 2.05) is 18.2 Å². The maximum atomic E-state index is 10.7. The van der Waals surface area contributed by atoms with Crippen LogP contribution in [0.1, 0.15) is 26.3 Å². The van der Waals surface area contributed by atoms with E-state index in [0.717, 1.165) is 44.1 Å². The van der Waals surface area contributed by atoms with Crippen LogP contribution in [0.4, 0.5) is 0 Å². The number of phenols is 1. The van der Waals surface area contributed by atoms with E-state index in [-0.39, 0.29) is 11.2 Å². The third-order valence-electron chi connectivity index (χ3n) is 6.52. The molecule has 3 heteroatoms. The van der Waals surface area contributed by atoms with Crippen LogP contribution in [0.5, 0.6) is 5.75 Å². The topological polar surface area (TPSA) is 46.3 Å². The molecule has 0 amide bonds. The molecule has 2 aromatic heterocycles. The molecule has 0 aliphatic carbocycles. The molecule has 0 aliphatic rings. The lowest BCUT2D eigenvalue weighted by Gasteiger charge is -2.20. The molecule has 0 radical (unpaired) electrons. The summed E-state index contributed by atoms with van der Waals surface area (Å²) >= 11 is 0. The number of rotatable bonds is 2. The summed E-state index contributed by atoms with van der Waals surface area (Å²) < 4.78 is 6.27. The van der Waals surface area contributed by atoms with Crippen LogP contribution < -0.4 is 0 Å². The molecule has 34 heavy (non-hydrogen) atoms. The van der Waals surface area contributed by atoms with Gasteiger partial charge in [0.2, 0.25) is 5.71 Å². The van der Waals surface area contributed by atoms with Gasteiger partial charge in [-0.3, -0.25) is 0 Å². The molecule has 4 aromatic carbocycles. The van der Waals surface area contributed by atoms with Crippen LogP contribution in [0.15, 0.2) is 95.4 Å². The molecule has 0 fully saturated rings. The molecular weight excluding hydrogens is 418 g/mol. The van der Waals surface area contributed by atoms with Crippen LogP contribution in [0, 0.1) is 0 Å². The number of fused-ring (bicyclic) bond motifs is 4. The molecule has 166 valence electrons. The van der Waals surface area contributed by atoms with Crippen molar-refractivity contribution < 1.29 is 9.52 Å². The number of nitrogens with zero attached hydrogens (tertiary/aromatic N) is 1. The van der Waals surface area contributed by atoms with Gasteiger partial charge in [-0.25, -0.2) is 4.98 Å². The van der Waals surface area contributed by atoms with Crippen LogP contribution >= 0.6 is 0 Å². The second-order valence-electron chi connectivity index (χ2n) is 9.85. The van der Waals surface area contributed by atoms with Crippen molar-refractivity contribution in [1.29, 1.82) is 0 Å². The maximum Gasteiger partial charge on any atom is 0.228 e. The zero-order valence-corrected chi connectivity index (χ0v) is 19.5. The van der Waals surface area contributed by atoms with Gasteiger partial charge in [0.15, 0.2) is 0 Å². The van der Waals surface area contributed by atoms with Crippen molar-refractivity contribution in [1.82, 2.24) is 4.98 Å². The lowest BCUT2D eigenvalue weighted by molar-refractivity contribution is 0.446. The molecular formula is C31H25NO2. The van der Waals surface area contributed by atoms with Gasteiger partial charge in [0.1, 0.15) is 11.3 Å². The van der Waals surface area contributed by atoms with E-state index in [2.05, 4.69) is 87.5 Å². The first-order valence-corrected chi connectivity index (χ1v) is 11.5. The van der Waals surface area contributed by atoms with Crippen LogP contribution in [0.2, 0.25) is 0 Å². The summed E-state index contributed by atoms with van der Waals surface area (Å²) in [7, 11) is 0. The predicted molar refractivity (Wildman–Crippen MR) is 140 cm³/mol. The van der Waals surface area contributed by atoms with Gasteiger partial charge < -0.3 is 9.52 Å². The smallest absolute Gasteiger partial charge is 0.228 e. The molecule has 0 atom stereocenters. The Bertz CT molecular complexity index is 1680. The molecule has 0 bridgehead atoms. The highest BCUT2D eigenvalue weighted by molar-refractivity contribution is 6.13. The molecule has 0 saturated heterocycles. The quantitative estimate of drug-likeness (QED) is 0.292. The third kappa shape index (κ3) is 3.24. The Hall–Kier alpha value is -4.11. The molecule has 0 spiro atoms. The van der Waals surface area contributed by atoms with Crippen LogP contribution in [0.25, 0.3) is 55.2 Å². The van der Waals surface area contributed by atoms with E-state index < -0.39 is 0 Å². The number of hydrogen-bond donors (Lipinski definition) is 1. The van der Waals surface area contributed by atoms with Gasteiger partial charge in [-0.2, -0.15) is 0 Å². The number of hydrogen-bond acceptors (Lipinski definition) is 3. The predicted octanol–water partition coefficient (Wildman–Crippen LogP) is 8.47. The van der Waals surface area contributed by atoms with E-state index in [4.69, 9.17) is 9.40 Å². The zero-order valence-electron chi connectivity index (χ0n) is 19.5. The number of benzene rings is 4. The maximum absolute atomic E-state index is 10.7. The highest BCUT2D eigenvalue weighted by atomic mass is 16.3. The molecule has 6 aromatic rings. The first kappa shape index (κ1) is 20.5. The van der Waals surface area contributed by atoms with E-state index in [9.17, 15) is 5.11 Å². The molecule has 0 saturated carbocycles. The molecule has 1 N–H and O–H groups in total. The molecule has 2 heterocycles. The van der Waals surface area contributed by atoms with Gasteiger partial charge in [-0.05, 0) is 39.4 Å². The van der Waals surface area contributed by atoms with Gasteiger partial charge in [0.05, 0.1) is 11.1 Å². The summed E-state index contributed by atoms with van der Waals surface area (Å²) in [6.45, 7) is 6.31. The minimum atomic E-state index is -0.203. The summed E-state index contributed by atoms with van der Waals surface area (Å²) in [5, 5.41) is 15.0. The number of aromatic nitrogens is 1. The van der Waals surface area contributed by atoms with Crippen molar-refractivity contribution in [2.45, 2.75) is 26.2 Å². The van der Waals surface area contributed by atoms with Crippen LogP contribution in [0.3, 0.4) is 0 Å². The Balaban J connectivity index is 1.73. The number of pyridine rings is 1. The molecule has 6 rings (SSSR count). The Labute approximate surface area is 198 Å². The second-order valence-corrected chi connectivity index (χ2v) is 9.85. The normalized spacial score (nSPS) is 12.1. The summed E-state index contributed by atoms with van der Waals surface area (Å²) in [4.78, 5) is 4.99. The lowest BCUT2D eigenvalue weighted by Crippen LogP contribution is -2.11. The van der Waals surface area contributed by atoms with E-state index in [1.54, 1.807) is 6.07 Å². The average Bonchev–Trinajstić information content (AvgIpc) is 3.19. The molecule has 0 aliphatic heterocycles. The molecule has 0 unspecified atom stereocenters. The van der Waals surface area contributed by atoms with Crippen LogP contribution in [-0.4, -0.2) is 10.1 Å². The van der Waals surface area contributed by atoms with Crippen molar-refractivity contribution in [3.05, 3.63) is 96.6 Å².